The largest absolute Gasteiger partial charge is 0.460 e. The highest BCUT2D eigenvalue weighted by molar-refractivity contribution is 7.92. The molecule has 2 aliphatic rings. The Bertz CT molecular complexity index is 1420. The van der Waals surface area contributed by atoms with Gasteiger partial charge in [-0.05, 0) is 43.7 Å². The lowest BCUT2D eigenvalue weighted by molar-refractivity contribution is -0.141. The van der Waals surface area contributed by atoms with Crippen LogP contribution in [0.15, 0.2) is 34.7 Å². The molecule has 1 amide bonds. The summed E-state index contributed by atoms with van der Waals surface area (Å²) in [6.45, 7) is 1.95. The minimum atomic E-state index is -3.74. The highest BCUT2D eigenvalue weighted by Crippen LogP contribution is 2.47. The van der Waals surface area contributed by atoms with Crippen LogP contribution >= 0.6 is 0 Å². The summed E-state index contributed by atoms with van der Waals surface area (Å²) in [5, 5.41) is 3.21. The zero-order valence-corrected chi connectivity index (χ0v) is 20.6. The summed E-state index contributed by atoms with van der Waals surface area (Å²) in [6.07, 6.45) is 3.08. The van der Waals surface area contributed by atoms with Gasteiger partial charge in [-0.1, -0.05) is 29.8 Å². The number of fused-ring (bicyclic) bond motifs is 1. The van der Waals surface area contributed by atoms with Crippen LogP contribution in [0.3, 0.4) is 0 Å². The molecule has 1 saturated carbocycles. The lowest BCUT2D eigenvalue weighted by atomic mass is 10.0. The molecule has 5 rings (SSSR count). The van der Waals surface area contributed by atoms with Crippen LogP contribution in [0.25, 0.3) is 22.4 Å². The Hall–Kier alpha value is -3.40. The van der Waals surface area contributed by atoms with Gasteiger partial charge in [0.05, 0.1) is 23.8 Å². The lowest BCUT2D eigenvalue weighted by Crippen LogP contribution is -2.38. The van der Waals surface area contributed by atoms with Gasteiger partial charge in [0.25, 0.3) is 5.91 Å². The van der Waals surface area contributed by atoms with E-state index in [1.807, 2.05) is 37.3 Å². The number of hydrogen-bond acceptors (Lipinski definition) is 7. The van der Waals surface area contributed by atoms with Crippen LogP contribution in [0.4, 0.5) is 5.82 Å². The highest BCUT2D eigenvalue weighted by atomic mass is 32.2. The van der Waals surface area contributed by atoms with Crippen molar-refractivity contribution in [2.45, 2.75) is 44.6 Å². The smallest absolute Gasteiger partial charge is 0.306 e. The molecule has 1 atom stereocenters. The number of nitrogens with zero attached hydrogens (tertiary/aromatic N) is 2. The molecule has 1 aromatic carbocycles. The maximum Gasteiger partial charge on any atom is 0.306 e. The van der Waals surface area contributed by atoms with Gasteiger partial charge in [0.15, 0.2) is 0 Å². The van der Waals surface area contributed by atoms with Crippen molar-refractivity contribution in [3.8, 4) is 11.3 Å². The van der Waals surface area contributed by atoms with Crippen LogP contribution in [0.5, 0.6) is 0 Å². The summed E-state index contributed by atoms with van der Waals surface area (Å²) in [4.78, 5) is 29.2. The highest BCUT2D eigenvalue weighted by Gasteiger charge is 2.36. The first-order valence-electron chi connectivity index (χ1n) is 11.6. The quantitative estimate of drug-likeness (QED) is 0.496. The molecule has 3 aromatic rings. The fraction of sp³-hybridized carbons (Fsp3) is 0.400. The number of rotatable bonds is 7. The Balaban J connectivity index is 1.70. The van der Waals surface area contributed by atoms with E-state index in [2.05, 4.69) is 10.3 Å². The second kappa shape index (κ2) is 8.67. The lowest BCUT2D eigenvalue weighted by Gasteiger charge is -2.26. The fourth-order valence-electron chi connectivity index (χ4n) is 4.46. The number of cyclic esters (lactones) is 1. The Kier molecular flexibility index (Phi) is 5.79. The van der Waals surface area contributed by atoms with Gasteiger partial charge in [-0.15, -0.1) is 0 Å². The van der Waals surface area contributed by atoms with Gasteiger partial charge < -0.3 is 14.5 Å². The first-order chi connectivity index (χ1) is 16.7. The van der Waals surface area contributed by atoms with Crippen LogP contribution in [0.1, 0.15) is 53.1 Å². The van der Waals surface area contributed by atoms with Crippen molar-refractivity contribution < 1.29 is 27.2 Å². The summed E-state index contributed by atoms with van der Waals surface area (Å²) in [5.41, 5.74) is 3.07. The standard InChI is InChI=1S/C25H27N3O6S/c1-14-4-6-16(7-5-14)22-21(24(30)26-2)19-12-18(15-8-9-15)23(27-25(19)34-22)28(35(3,31)32)13-17-10-11-20(29)33-17/h4-7,12,15,17H,8-11,13H2,1-3H3,(H,26,30). The minimum absolute atomic E-state index is 0.0172. The summed E-state index contributed by atoms with van der Waals surface area (Å²) < 4.78 is 38.3. The second-order valence-corrected chi connectivity index (χ2v) is 11.1. The van der Waals surface area contributed by atoms with Crippen LogP contribution in [-0.2, 0) is 19.6 Å². The molecule has 2 aromatic heterocycles. The average Bonchev–Trinajstić information content (AvgIpc) is 3.47. The van der Waals surface area contributed by atoms with Crippen molar-refractivity contribution in [1.82, 2.24) is 10.3 Å². The first-order valence-corrected chi connectivity index (χ1v) is 13.4. The third kappa shape index (κ3) is 4.50. The number of hydrogen-bond donors (Lipinski definition) is 1. The number of esters is 1. The Labute approximate surface area is 203 Å². The molecular weight excluding hydrogens is 470 g/mol. The molecule has 1 aliphatic carbocycles. The van der Waals surface area contributed by atoms with E-state index in [-0.39, 0.29) is 42.3 Å². The summed E-state index contributed by atoms with van der Waals surface area (Å²) >= 11 is 0. The number of sulfonamides is 1. The van der Waals surface area contributed by atoms with Crippen molar-refractivity contribution in [3.63, 3.8) is 0 Å². The number of benzene rings is 1. The predicted molar refractivity (Wildman–Crippen MR) is 131 cm³/mol. The molecule has 1 unspecified atom stereocenters. The predicted octanol–water partition coefficient (Wildman–Crippen LogP) is 3.51. The van der Waals surface area contributed by atoms with Gasteiger partial charge >= 0.3 is 5.97 Å². The van der Waals surface area contributed by atoms with Gasteiger partial charge in [0, 0.05) is 19.0 Å². The maximum atomic E-state index is 12.9. The molecule has 9 nitrogen and oxygen atoms in total. The third-order valence-corrected chi connectivity index (χ3v) is 7.57. The van der Waals surface area contributed by atoms with Crippen LogP contribution in [0.2, 0.25) is 0 Å². The molecule has 1 aliphatic heterocycles. The van der Waals surface area contributed by atoms with E-state index in [9.17, 15) is 18.0 Å². The van der Waals surface area contributed by atoms with E-state index in [0.717, 1.165) is 35.8 Å². The monoisotopic (exact) mass is 497 g/mol. The molecule has 2 fully saturated rings. The summed E-state index contributed by atoms with van der Waals surface area (Å²) in [7, 11) is -2.19. The van der Waals surface area contributed by atoms with Gasteiger partial charge in [-0.25, -0.2) is 12.7 Å². The molecule has 10 heteroatoms. The van der Waals surface area contributed by atoms with Crippen molar-refractivity contribution in [2.75, 3.05) is 24.2 Å². The van der Waals surface area contributed by atoms with Crippen molar-refractivity contribution in [1.29, 1.82) is 0 Å². The fourth-order valence-corrected chi connectivity index (χ4v) is 5.36. The normalized spacial score (nSPS) is 18.0. The molecular formula is C25H27N3O6S. The number of carbonyl (C=O) groups excluding carboxylic acids is 2. The molecule has 0 spiro atoms. The van der Waals surface area contributed by atoms with Crippen LogP contribution in [-0.4, -0.2) is 51.2 Å². The van der Waals surface area contributed by atoms with E-state index in [4.69, 9.17) is 9.15 Å². The number of nitrogens with one attached hydrogen (secondary N) is 1. The van der Waals surface area contributed by atoms with Gasteiger partial charge in [0.2, 0.25) is 15.7 Å². The topological polar surface area (TPSA) is 119 Å². The van der Waals surface area contributed by atoms with Gasteiger partial charge in [-0.3, -0.25) is 9.59 Å². The van der Waals surface area contributed by atoms with E-state index in [1.54, 1.807) is 7.05 Å². The maximum absolute atomic E-state index is 12.9. The Morgan fingerprint density at radius 3 is 2.49 bits per heavy atom. The number of furan rings is 1. The molecule has 0 bridgehead atoms. The molecule has 184 valence electrons. The average molecular weight is 498 g/mol. The van der Waals surface area contributed by atoms with E-state index in [1.165, 1.54) is 4.31 Å². The second-order valence-electron chi connectivity index (χ2n) is 9.22. The number of aromatic nitrogens is 1. The SMILES string of the molecule is CNC(=O)c1c(-c2ccc(C)cc2)oc2nc(N(CC3CCC(=O)O3)S(C)(=O)=O)c(C3CC3)cc12. The molecule has 35 heavy (non-hydrogen) atoms. The van der Waals surface area contributed by atoms with Crippen molar-refractivity contribution >= 4 is 38.8 Å². The van der Waals surface area contributed by atoms with Crippen LogP contribution in [0, 0.1) is 6.92 Å². The number of aryl methyl sites for hydroxylation is 1. The zero-order valence-electron chi connectivity index (χ0n) is 19.8. The summed E-state index contributed by atoms with van der Waals surface area (Å²) in [6, 6.07) is 9.44. The molecule has 1 N–H and O–H groups in total. The number of amides is 1. The zero-order chi connectivity index (χ0) is 24.9. The number of carbonyl (C=O) groups is 2. The molecule has 1 saturated heterocycles. The van der Waals surface area contributed by atoms with Crippen molar-refractivity contribution in [3.05, 3.63) is 47.0 Å². The molecule has 0 radical (unpaired) electrons. The van der Waals surface area contributed by atoms with Gasteiger partial charge in [0.1, 0.15) is 17.7 Å². The van der Waals surface area contributed by atoms with E-state index < -0.39 is 16.1 Å². The summed E-state index contributed by atoms with van der Waals surface area (Å²) in [5.74, 6) is 0.124. The Morgan fingerprint density at radius 1 is 1.20 bits per heavy atom. The van der Waals surface area contributed by atoms with Crippen LogP contribution < -0.4 is 9.62 Å². The molecule has 3 heterocycles. The Morgan fingerprint density at radius 2 is 1.91 bits per heavy atom. The van der Waals surface area contributed by atoms with Crippen molar-refractivity contribution in [2.24, 2.45) is 0 Å². The van der Waals surface area contributed by atoms with E-state index >= 15 is 0 Å². The van der Waals surface area contributed by atoms with Gasteiger partial charge in [-0.2, -0.15) is 4.98 Å². The van der Waals surface area contributed by atoms with E-state index in [0.29, 0.717) is 23.1 Å². The first kappa shape index (κ1) is 23.3. The number of ether oxygens (including phenoxy) is 1. The third-order valence-electron chi connectivity index (χ3n) is 6.45. The number of pyridine rings is 1. The minimum Gasteiger partial charge on any atom is -0.460 e. The number of anilines is 1.